The third-order valence-corrected chi connectivity index (χ3v) is 4.01. The summed E-state index contributed by atoms with van der Waals surface area (Å²) in [6.07, 6.45) is 0.418. The van der Waals surface area contributed by atoms with Gasteiger partial charge in [-0.2, -0.15) is 0 Å². The lowest BCUT2D eigenvalue weighted by Gasteiger charge is -2.17. The lowest BCUT2D eigenvalue weighted by molar-refractivity contribution is -0.123. The van der Waals surface area contributed by atoms with Gasteiger partial charge in [0, 0.05) is 18.8 Å². The van der Waals surface area contributed by atoms with Crippen LogP contribution in [0.3, 0.4) is 0 Å². The van der Waals surface area contributed by atoms with Crippen LogP contribution in [0.25, 0.3) is 0 Å². The SMILES string of the molecule is COc1ccccc1OCC(=O)NCCN1C(=O)Cc2ccccc21. The number of anilines is 1. The molecule has 6 nitrogen and oxygen atoms in total. The molecule has 0 spiro atoms. The van der Waals surface area contributed by atoms with E-state index < -0.39 is 0 Å². The molecule has 0 unspecified atom stereocenters. The van der Waals surface area contributed by atoms with Crippen molar-refractivity contribution in [2.24, 2.45) is 0 Å². The number of carbonyl (C=O) groups is 2. The Morgan fingerprint density at radius 2 is 1.84 bits per heavy atom. The highest BCUT2D eigenvalue weighted by Gasteiger charge is 2.26. The smallest absolute Gasteiger partial charge is 0.258 e. The van der Waals surface area contributed by atoms with Crippen molar-refractivity contribution >= 4 is 17.5 Å². The Morgan fingerprint density at radius 1 is 1.12 bits per heavy atom. The van der Waals surface area contributed by atoms with Crippen LogP contribution < -0.4 is 19.7 Å². The minimum Gasteiger partial charge on any atom is -0.493 e. The summed E-state index contributed by atoms with van der Waals surface area (Å²) in [5.74, 6) is 0.907. The van der Waals surface area contributed by atoms with E-state index in [-0.39, 0.29) is 18.4 Å². The Labute approximate surface area is 146 Å². The number of hydrogen-bond donors (Lipinski definition) is 1. The minimum absolute atomic E-state index is 0.0562. The molecule has 25 heavy (non-hydrogen) atoms. The molecular weight excluding hydrogens is 320 g/mol. The summed E-state index contributed by atoms with van der Waals surface area (Å²) < 4.78 is 10.6. The second-order valence-corrected chi connectivity index (χ2v) is 5.64. The molecule has 3 rings (SSSR count). The zero-order chi connectivity index (χ0) is 17.6. The number of benzene rings is 2. The Bertz CT molecular complexity index is 776. The molecule has 0 aliphatic carbocycles. The highest BCUT2D eigenvalue weighted by Crippen LogP contribution is 2.28. The normalized spacial score (nSPS) is 12.7. The first kappa shape index (κ1) is 16.8. The molecule has 0 radical (unpaired) electrons. The standard InChI is InChI=1S/C19H20N2O4/c1-24-16-8-4-5-9-17(16)25-13-18(22)20-10-11-21-15-7-3-2-6-14(15)12-19(21)23/h2-9H,10-13H2,1H3,(H,20,22). The Morgan fingerprint density at radius 3 is 2.64 bits per heavy atom. The third kappa shape index (κ3) is 3.91. The lowest BCUT2D eigenvalue weighted by Crippen LogP contribution is -2.38. The second kappa shape index (κ2) is 7.70. The average Bonchev–Trinajstić information content (AvgIpc) is 2.96. The number of rotatable bonds is 7. The van der Waals surface area contributed by atoms with E-state index in [0.717, 1.165) is 11.3 Å². The van der Waals surface area contributed by atoms with E-state index in [0.29, 0.717) is 31.0 Å². The molecule has 1 aliphatic heterocycles. The molecule has 0 saturated carbocycles. The van der Waals surface area contributed by atoms with Gasteiger partial charge in [0.2, 0.25) is 5.91 Å². The van der Waals surface area contributed by atoms with Crippen LogP contribution in [0.2, 0.25) is 0 Å². The molecular formula is C19H20N2O4. The molecule has 2 aromatic carbocycles. The monoisotopic (exact) mass is 340 g/mol. The van der Waals surface area contributed by atoms with Gasteiger partial charge in [-0.1, -0.05) is 30.3 Å². The van der Waals surface area contributed by atoms with Crippen LogP contribution >= 0.6 is 0 Å². The molecule has 1 N–H and O–H groups in total. The summed E-state index contributed by atoms with van der Waals surface area (Å²) in [7, 11) is 1.55. The largest absolute Gasteiger partial charge is 0.493 e. The molecule has 1 aliphatic rings. The molecule has 0 aromatic heterocycles. The Kier molecular flexibility index (Phi) is 5.18. The van der Waals surface area contributed by atoms with Crippen LogP contribution in [-0.2, 0) is 16.0 Å². The van der Waals surface area contributed by atoms with Gasteiger partial charge in [0.1, 0.15) is 0 Å². The molecule has 0 saturated heterocycles. The maximum Gasteiger partial charge on any atom is 0.258 e. The summed E-state index contributed by atoms with van der Waals surface area (Å²) in [5.41, 5.74) is 1.95. The zero-order valence-electron chi connectivity index (χ0n) is 14.0. The zero-order valence-corrected chi connectivity index (χ0v) is 14.0. The fourth-order valence-electron chi connectivity index (χ4n) is 2.80. The fraction of sp³-hybridized carbons (Fsp3) is 0.263. The van der Waals surface area contributed by atoms with Crippen LogP contribution in [0, 0.1) is 0 Å². The van der Waals surface area contributed by atoms with Gasteiger partial charge in [0.05, 0.1) is 13.5 Å². The number of methoxy groups -OCH3 is 1. The summed E-state index contributed by atoms with van der Waals surface area (Å²) in [6, 6.07) is 14.9. The predicted molar refractivity (Wildman–Crippen MR) is 94.0 cm³/mol. The first-order valence-corrected chi connectivity index (χ1v) is 8.10. The minimum atomic E-state index is -0.245. The van der Waals surface area contributed by atoms with Crippen LogP contribution in [-0.4, -0.2) is 38.6 Å². The van der Waals surface area contributed by atoms with Crippen molar-refractivity contribution in [3.05, 3.63) is 54.1 Å². The second-order valence-electron chi connectivity index (χ2n) is 5.64. The Balaban J connectivity index is 1.46. The van der Waals surface area contributed by atoms with Crippen molar-refractivity contribution in [3.63, 3.8) is 0 Å². The molecule has 0 fully saturated rings. The summed E-state index contributed by atoms with van der Waals surface area (Å²) >= 11 is 0. The van der Waals surface area contributed by atoms with E-state index in [1.54, 1.807) is 24.1 Å². The van der Waals surface area contributed by atoms with E-state index in [4.69, 9.17) is 9.47 Å². The lowest BCUT2D eigenvalue weighted by atomic mass is 10.2. The topological polar surface area (TPSA) is 67.9 Å². The molecule has 6 heteroatoms. The van der Waals surface area contributed by atoms with Crippen molar-refractivity contribution in [1.82, 2.24) is 5.32 Å². The summed E-state index contributed by atoms with van der Waals surface area (Å²) in [5, 5.41) is 2.77. The first-order chi connectivity index (χ1) is 12.2. The number of nitrogens with zero attached hydrogens (tertiary/aromatic N) is 1. The maximum absolute atomic E-state index is 12.1. The van der Waals surface area contributed by atoms with Crippen molar-refractivity contribution in [1.29, 1.82) is 0 Å². The highest BCUT2D eigenvalue weighted by atomic mass is 16.5. The number of amides is 2. The van der Waals surface area contributed by atoms with E-state index in [1.807, 2.05) is 36.4 Å². The number of nitrogens with one attached hydrogen (secondary N) is 1. The number of hydrogen-bond acceptors (Lipinski definition) is 4. The van der Waals surface area contributed by atoms with Gasteiger partial charge in [0.25, 0.3) is 5.91 Å². The summed E-state index contributed by atoms with van der Waals surface area (Å²) in [4.78, 5) is 25.7. The van der Waals surface area contributed by atoms with E-state index in [9.17, 15) is 9.59 Å². The van der Waals surface area contributed by atoms with Gasteiger partial charge in [-0.3, -0.25) is 9.59 Å². The van der Waals surface area contributed by atoms with Gasteiger partial charge < -0.3 is 19.7 Å². The predicted octanol–water partition coefficient (Wildman–Crippen LogP) is 1.78. The van der Waals surface area contributed by atoms with Gasteiger partial charge in [-0.05, 0) is 23.8 Å². The van der Waals surface area contributed by atoms with Gasteiger partial charge in [-0.25, -0.2) is 0 Å². The average molecular weight is 340 g/mol. The van der Waals surface area contributed by atoms with Crippen molar-refractivity contribution in [2.45, 2.75) is 6.42 Å². The highest BCUT2D eigenvalue weighted by molar-refractivity contribution is 6.01. The van der Waals surface area contributed by atoms with E-state index in [1.165, 1.54) is 0 Å². The van der Waals surface area contributed by atoms with Gasteiger partial charge in [0.15, 0.2) is 18.1 Å². The van der Waals surface area contributed by atoms with Crippen molar-refractivity contribution in [2.75, 3.05) is 31.7 Å². The molecule has 130 valence electrons. The third-order valence-electron chi connectivity index (χ3n) is 4.01. The maximum atomic E-state index is 12.1. The number of para-hydroxylation sites is 3. The quantitative estimate of drug-likeness (QED) is 0.834. The number of ether oxygens (including phenoxy) is 2. The van der Waals surface area contributed by atoms with E-state index in [2.05, 4.69) is 5.32 Å². The van der Waals surface area contributed by atoms with Gasteiger partial charge >= 0.3 is 0 Å². The first-order valence-electron chi connectivity index (χ1n) is 8.10. The van der Waals surface area contributed by atoms with Crippen LogP contribution in [0.5, 0.6) is 11.5 Å². The van der Waals surface area contributed by atoms with Crippen LogP contribution in [0.1, 0.15) is 5.56 Å². The van der Waals surface area contributed by atoms with Gasteiger partial charge in [-0.15, -0.1) is 0 Å². The summed E-state index contributed by atoms with van der Waals surface area (Å²) in [6.45, 7) is 0.704. The number of carbonyl (C=O) groups excluding carboxylic acids is 2. The molecule has 1 heterocycles. The van der Waals surface area contributed by atoms with Crippen molar-refractivity contribution < 1.29 is 19.1 Å². The van der Waals surface area contributed by atoms with Crippen molar-refractivity contribution in [3.8, 4) is 11.5 Å². The van der Waals surface area contributed by atoms with Crippen LogP contribution in [0.15, 0.2) is 48.5 Å². The Hall–Kier alpha value is -3.02. The molecule has 0 atom stereocenters. The molecule has 0 bridgehead atoms. The van der Waals surface area contributed by atoms with Crippen LogP contribution in [0.4, 0.5) is 5.69 Å². The molecule has 2 aromatic rings. The molecule has 2 amide bonds. The fourth-order valence-corrected chi connectivity index (χ4v) is 2.80. The number of fused-ring (bicyclic) bond motifs is 1. The van der Waals surface area contributed by atoms with E-state index >= 15 is 0 Å².